The van der Waals surface area contributed by atoms with Crippen molar-refractivity contribution >= 4 is 28.3 Å². The Morgan fingerprint density at radius 3 is 2.70 bits per heavy atom. The predicted molar refractivity (Wildman–Crippen MR) is 88.9 cm³/mol. The molecule has 0 aliphatic rings. The van der Waals surface area contributed by atoms with Gasteiger partial charge in [0.15, 0.2) is 11.5 Å². The van der Waals surface area contributed by atoms with E-state index in [0.717, 1.165) is 28.1 Å². The molecule has 4 heteroatoms. The molecule has 0 atom stereocenters. The van der Waals surface area contributed by atoms with Crippen molar-refractivity contribution in [3.63, 3.8) is 0 Å². The number of para-hydroxylation sites is 3. The summed E-state index contributed by atoms with van der Waals surface area (Å²) in [6, 6.07) is 13.9. The van der Waals surface area contributed by atoms with E-state index in [2.05, 4.69) is 22.5 Å². The zero-order chi connectivity index (χ0) is 15.8. The Hall–Kier alpha value is -2.88. The Labute approximate surface area is 133 Å². The summed E-state index contributed by atoms with van der Waals surface area (Å²) in [5.74, 6) is 1.52. The molecule has 0 spiro atoms. The van der Waals surface area contributed by atoms with Gasteiger partial charge in [-0.2, -0.15) is 4.57 Å². The molecule has 0 amide bonds. The summed E-state index contributed by atoms with van der Waals surface area (Å²) in [6.07, 6.45) is 4.61. The van der Waals surface area contributed by atoms with Crippen molar-refractivity contribution < 1.29 is 13.4 Å². The van der Waals surface area contributed by atoms with E-state index in [1.54, 1.807) is 0 Å². The van der Waals surface area contributed by atoms with Gasteiger partial charge < -0.3 is 8.83 Å². The molecule has 4 aromatic rings. The predicted octanol–water partition coefficient (Wildman–Crippen LogP) is 3.96. The van der Waals surface area contributed by atoms with Crippen LogP contribution in [0.15, 0.2) is 57.4 Å². The van der Waals surface area contributed by atoms with Crippen LogP contribution >= 0.6 is 0 Å². The first-order chi connectivity index (χ1) is 11.2. The number of aryl methyl sites for hydroxylation is 2. The second-order valence-corrected chi connectivity index (χ2v) is 5.60. The average molecular weight is 305 g/mol. The quantitative estimate of drug-likeness (QED) is 0.538. The normalized spacial score (nSPS) is 11.9. The maximum Gasteiger partial charge on any atom is 0.373 e. The molecule has 0 saturated heterocycles. The number of fused-ring (bicyclic) bond motifs is 2. The van der Waals surface area contributed by atoms with Crippen LogP contribution in [0.3, 0.4) is 0 Å². The van der Waals surface area contributed by atoms with Crippen LogP contribution in [0.25, 0.3) is 28.3 Å². The lowest BCUT2D eigenvalue weighted by Gasteiger charge is -1.88. The van der Waals surface area contributed by atoms with E-state index >= 15 is 0 Å². The molecule has 0 fully saturated rings. The van der Waals surface area contributed by atoms with Crippen LogP contribution in [0, 0.1) is 6.92 Å². The summed E-state index contributed by atoms with van der Waals surface area (Å²) in [5.41, 5.74) is 4.93. The zero-order valence-electron chi connectivity index (χ0n) is 13.1. The Bertz CT molecular complexity index is 991. The Kier molecular flexibility index (Phi) is 3.23. The molecule has 2 aromatic heterocycles. The third kappa shape index (κ3) is 2.42. The molecular weight excluding hydrogens is 288 g/mol. The van der Waals surface area contributed by atoms with Crippen molar-refractivity contribution in [3.05, 3.63) is 65.9 Å². The standard InChI is InChI=1S/C19H17N2O2/c1-13-7-5-10-16-19(13)21(2)18(23-16)12-6-11-17-20-14-8-3-4-9-15(14)22-17/h3-10,12H,11H2,1-2H3/q+1. The van der Waals surface area contributed by atoms with E-state index in [9.17, 15) is 0 Å². The molecule has 23 heavy (non-hydrogen) atoms. The fraction of sp³-hybridized carbons (Fsp3) is 0.158. The molecule has 0 unspecified atom stereocenters. The number of aromatic nitrogens is 2. The second kappa shape index (κ2) is 5.39. The first kappa shape index (κ1) is 13.8. The molecule has 0 N–H and O–H groups in total. The number of rotatable bonds is 3. The van der Waals surface area contributed by atoms with E-state index in [1.165, 1.54) is 5.56 Å². The molecule has 0 aliphatic carbocycles. The first-order valence-electron chi connectivity index (χ1n) is 7.61. The topological polar surface area (TPSA) is 43.1 Å². The highest BCUT2D eigenvalue weighted by Gasteiger charge is 2.18. The van der Waals surface area contributed by atoms with Gasteiger partial charge >= 0.3 is 5.89 Å². The third-order valence-electron chi connectivity index (χ3n) is 3.97. The van der Waals surface area contributed by atoms with E-state index in [0.29, 0.717) is 12.3 Å². The molecule has 4 rings (SSSR count). The minimum absolute atomic E-state index is 0.630. The molecule has 0 saturated carbocycles. The summed E-state index contributed by atoms with van der Waals surface area (Å²) in [7, 11) is 2.01. The number of hydrogen-bond donors (Lipinski definition) is 0. The molecule has 4 nitrogen and oxygen atoms in total. The van der Waals surface area contributed by atoms with Crippen LogP contribution in [0.5, 0.6) is 0 Å². The van der Waals surface area contributed by atoms with Gasteiger partial charge in [-0.3, -0.25) is 0 Å². The Morgan fingerprint density at radius 2 is 1.87 bits per heavy atom. The number of allylic oxidation sites excluding steroid dienone is 1. The minimum atomic E-state index is 0.630. The van der Waals surface area contributed by atoms with E-state index in [-0.39, 0.29) is 0 Å². The smallest absolute Gasteiger partial charge is 0.373 e. The molecule has 2 heterocycles. The molecule has 0 aliphatic heterocycles. The van der Waals surface area contributed by atoms with Crippen LogP contribution < -0.4 is 4.57 Å². The summed E-state index contributed by atoms with van der Waals surface area (Å²) in [6.45, 7) is 2.09. The van der Waals surface area contributed by atoms with Crippen LogP contribution in [-0.2, 0) is 13.5 Å². The third-order valence-corrected chi connectivity index (χ3v) is 3.97. The first-order valence-corrected chi connectivity index (χ1v) is 7.61. The second-order valence-electron chi connectivity index (χ2n) is 5.60. The lowest BCUT2D eigenvalue weighted by Crippen LogP contribution is -2.29. The maximum atomic E-state index is 5.90. The van der Waals surface area contributed by atoms with Gasteiger partial charge in [0.1, 0.15) is 12.6 Å². The fourth-order valence-corrected chi connectivity index (χ4v) is 2.85. The Balaban J connectivity index is 1.61. The van der Waals surface area contributed by atoms with Crippen LogP contribution in [-0.4, -0.2) is 4.98 Å². The van der Waals surface area contributed by atoms with Gasteiger partial charge in [-0.25, -0.2) is 4.98 Å². The van der Waals surface area contributed by atoms with Gasteiger partial charge in [0, 0.05) is 18.1 Å². The summed E-state index contributed by atoms with van der Waals surface area (Å²) < 4.78 is 13.7. The van der Waals surface area contributed by atoms with Crippen molar-refractivity contribution in [2.24, 2.45) is 7.05 Å². The van der Waals surface area contributed by atoms with E-state index in [1.807, 2.05) is 55.6 Å². The van der Waals surface area contributed by atoms with Gasteiger partial charge in [0.2, 0.25) is 5.58 Å². The van der Waals surface area contributed by atoms with Crippen molar-refractivity contribution in [2.75, 3.05) is 0 Å². The van der Waals surface area contributed by atoms with Crippen molar-refractivity contribution in [3.8, 4) is 0 Å². The van der Waals surface area contributed by atoms with Crippen LogP contribution in [0.1, 0.15) is 17.3 Å². The highest BCUT2D eigenvalue weighted by atomic mass is 16.4. The molecule has 2 aromatic carbocycles. The lowest BCUT2D eigenvalue weighted by atomic mass is 10.2. The fourth-order valence-electron chi connectivity index (χ4n) is 2.85. The van der Waals surface area contributed by atoms with Crippen molar-refractivity contribution in [2.45, 2.75) is 13.3 Å². The van der Waals surface area contributed by atoms with E-state index < -0.39 is 0 Å². The monoisotopic (exact) mass is 305 g/mol. The van der Waals surface area contributed by atoms with Gasteiger partial charge in [0.25, 0.3) is 5.52 Å². The summed E-state index contributed by atoms with van der Waals surface area (Å²) in [4.78, 5) is 4.47. The van der Waals surface area contributed by atoms with Gasteiger partial charge in [-0.05, 0) is 25.1 Å². The van der Waals surface area contributed by atoms with Gasteiger partial charge in [0.05, 0.1) is 0 Å². The van der Waals surface area contributed by atoms with Gasteiger partial charge in [-0.1, -0.05) is 30.3 Å². The van der Waals surface area contributed by atoms with Crippen molar-refractivity contribution in [1.29, 1.82) is 0 Å². The highest BCUT2D eigenvalue weighted by Crippen LogP contribution is 2.18. The number of benzene rings is 2. The van der Waals surface area contributed by atoms with Gasteiger partial charge in [-0.15, -0.1) is 0 Å². The largest absolute Gasteiger partial charge is 0.440 e. The van der Waals surface area contributed by atoms with Crippen molar-refractivity contribution in [1.82, 2.24) is 4.98 Å². The summed E-state index contributed by atoms with van der Waals surface area (Å²) in [5, 5.41) is 0. The lowest BCUT2D eigenvalue weighted by molar-refractivity contribution is -0.652. The minimum Gasteiger partial charge on any atom is -0.440 e. The SMILES string of the molecule is Cc1cccc2oc(C=CCc3nc4ccccc4o3)[n+](C)c12. The average Bonchev–Trinajstić information content (AvgIpc) is 3.09. The van der Waals surface area contributed by atoms with Crippen LogP contribution in [0.4, 0.5) is 0 Å². The number of nitrogens with zero attached hydrogens (tertiary/aromatic N) is 2. The zero-order valence-corrected chi connectivity index (χ0v) is 13.1. The molecule has 114 valence electrons. The summed E-state index contributed by atoms with van der Waals surface area (Å²) >= 11 is 0. The molecule has 0 radical (unpaired) electrons. The molecule has 0 bridgehead atoms. The number of hydrogen-bond acceptors (Lipinski definition) is 3. The number of oxazole rings is 2. The highest BCUT2D eigenvalue weighted by molar-refractivity contribution is 5.73. The van der Waals surface area contributed by atoms with E-state index in [4.69, 9.17) is 8.83 Å². The Morgan fingerprint density at radius 1 is 1.04 bits per heavy atom. The van der Waals surface area contributed by atoms with Crippen LogP contribution in [0.2, 0.25) is 0 Å². The molecular formula is C19H17N2O2+. The maximum absolute atomic E-state index is 5.90.